The minimum Gasteiger partial charge on any atom is -0.411 e. The lowest BCUT2D eigenvalue weighted by Gasteiger charge is -2.18. The van der Waals surface area contributed by atoms with Gasteiger partial charge < -0.3 is 13.0 Å². The second-order valence-electron chi connectivity index (χ2n) is 6.37. The molecule has 132 valence electrons. The van der Waals surface area contributed by atoms with Gasteiger partial charge in [0.25, 0.3) is 0 Å². The average molecular weight is 371 g/mol. The lowest BCUT2D eigenvalue weighted by Crippen LogP contribution is -2.16. The van der Waals surface area contributed by atoms with Crippen LogP contribution in [0, 0.1) is 27.7 Å². The van der Waals surface area contributed by atoms with Crippen molar-refractivity contribution in [2.75, 3.05) is 0 Å². The van der Waals surface area contributed by atoms with Gasteiger partial charge in [0, 0.05) is 0 Å². The van der Waals surface area contributed by atoms with E-state index in [1.807, 2.05) is 0 Å². The van der Waals surface area contributed by atoms with Crippen molar-refractivity contribution in [3.05, 3.63) is 69.8 Å². The Bertz CT molecular complexity index is 644. The maximum Gasteiger partial charge on any atom is 0.423 e. The maximum absolute atomic E-state index is 5.83. The third kappa shape index (κ3) is 5.36. The zero-order valence-corrected chi connectivity index (χ0v) is 17.8. The fourth-order valence-electron chi connectivity index (χ4n) is 2.76. The van der Waals surface area contributed by atoms with Gasteiger partial charge in [-0.1, -0.05) is 36.4 Å². The summed E-state index contributed by atoms with van der Waals surface area (Å²) in [5.74, 6) is 0. The molecule has 2 aromatic rings. The minimum atomic E-state index is -0.0293. The van der Waals surface area contributed by atoms with E-state index in [-0.39, 0.29) is 32.2 Å². The summed E-state index contributed by atoms with van der Waals surface area (Å²) in [5, 5.41) is 0. The van der Waals surface area contributed by atoms with Crippen LogP contribution in [0.1, 0.15) is 59.4 Å². The molecule has 0 saturated carbocycles. The van der Waals surface area contributed by atoms with Crippen molar-refractivity contribution in [3.8, 4) is 0 Å². The maximum atomic E-state index is 5.83. The molecule has 2 atom stereocenters. The summed E-state index contributed by atoms with van der Waals surface area (Å²) in [6.07, 6.45) is 0.0268. The van der Waals surface area contributed by atoms with Gasteiger partial charge in [-0.25, -0.2) is 0 Å². The third-order valence-corrected chi connectivity index (χ3v) is 6.27. The quantitative estimate of drug-likeness (QED) is 0.490. The van der Waals surface area contributed by atoms with E-state index in [9.17, 15) is 0 Å². The second-order valence-corrected chi connectivity index (χ2v) is 7.99. The Morgan fingerprint density at radius 1 is 0.680 bits per heavy atom. The Labute approximate surface area is 156 Å². The first-order valence-corrected chi connectivity index (χ1v) is 10.1. The molecule has 0 aliphatic carbocycles. The van der Waals surface area contributed by atoms with Gasteiger partial charge >= 0.3 is 20.0 Å². The number of benzene rings is 2. The summed E-state index contributed by atoms with van der Waals surface area (Å²) < 4.78 is 17.2. The number of rotatable bonds is 8. The molecule has 2 rings (SSSR count). The summed E-state index contributed by atoms with van der Waals surface area (Å²) in [6, 6.07) is 12.6. The topological polar surface area (TPSA) is 27.7 Å². The first kappa shape index (κ1) is 20.1. The van der Waals surface area contributed by atoms with Gasteiger partial charge in [-0.15, -0.1) is 0 Å². The first-order valence-electron chi connectivity index (χ1n) is 8.51. The first-order chi connectivity index (χ1) is 11.9. The van der Waals surface area contributed by atoms with Crippen LogP contribution in [0.3, 0.4) is 0 Å². The molecule has 2 unspecified atom stereocenters. The van der Waals surface area contributed by atoms with E-state index < -0.39 is 0 Å². The van der Waals surface area contributed by atoms with Crippen LogP contribution in [0.5, 0.6) is 0 Å². The summed E-state index contributed by atoms with van der Waals surface area (Å²) in [4.78, 5) is 0. The smallest absolute Gasteiger partial charge is 0.411 e. The largest absolute Gasteiger partial charge is 0.423 e. The molecule has 0 N–H and O–H groups in total. The number of hydrogen-bond donors (Lipinski definition) is 0. The van der Waals surface area contributed by atoms with E-state index in [4.69, 9.17) is 13.0 Å². The highest BCUT2D eigenvalue weighted by Gasteiger charge is 2.13. The molecule has 0 aromatic heterocycles. The highest BCUT2D eigenvalue weighted by atomic mass is 28.3. The number of hydrogen-bond acceptors (Lipinski definition) is 3. The molecule has 3 nitrogen and oxygen atoms in total. The SMILES string of the molecule is Cc1cccc(C(C)O[Si]O[Si]OC(C)c2cccc(C)c2C)c1C. The fourth-order valence-corrected chi connectivity index (χ4v) is 3.83. The Kier molecular flexibility index (Phi) is 7.59. The summed E-state index contributed by atoms with van der Waals surface area (Å²) in [7, 11) is -0.0586. The van der Waals surface area contributed by atoms with Crippen molar-refractivity contribution in [2.45, 2.75) is 53.8 Å². The van der Waals surface area contributed by atoms with Crippen LogP contribution >= 0.6 is 0 Å². The predicted octanol–water partition coefficient (Wildman–Crippen LogP) is 4.86. The molecule has 0 aliphatic heterocycles. The van der Waals surface area contributed by atoms with Gasteiger partial charge in [-0.05, 0) is 74.9 Å². The van der Waals surface area contributed by atoms with E-state index >= 15 is 0 Å². The zero-order chi connectivity index (χ0) is 18.4. The van der Waals surface area contributed by atoms with Crippen LogP contribution < -0.4 is 0 Å². The molecule has 2 aromatic carbocycles. The normalized spacial score (nSPS) is 13.7. The van der Waals surface area contributed by atoms with Crippen LogP contribution in [0.25, 0.3) is 0 Å². The van der Waals surface area contributed by atoms with Gasteiger partial charge in [0.1, 0.15) is 0 Å². The van der Waals surface area contributed by atoms with E-state index in [0.717, 1.165) is 0 Å². The minimum absolute atomic E-state index is 0.0134. The van der Waals surface area contributed by atoms with Crippen molar-refractivity contribution >= 4 is 20.0 Å². The van der Waals surface area contributed by atoms with Gasteiger partial charge in [0.2, 0.25) is 0 Å². The van der Waals surface area contributed by atoms with Crippen LogP contribution in [0.15, 0.2) is 36.4 Å². The Morgan fingerprint density at radius 3 is 1.48 bits per heavy atom. The molecule has 0 saturated heterocycles. The molecule has 0 fully saturated rings. The zero-order valence-electron chi connectivity index (χ0n) is 15.8. The van der Waals surface area contributed by atoms with Gasteiger partial charge in [0.15, 0.2) is 0 Å². The predicted molar refractivity (Wildman–Crippen MR) is 103 cm³/mol. The monoisotopic (exact) mass is 370 g/mol. The van der Waals surface area contributed by atoms with Gasteiger partial charge in [0.05, 0.1) is 12.2 Å². The lowest BCUT2D eigenvalue weighted by molar-refractivity contribution is 0.176. The second kappa shape index (κ2) is 9.45. The van der Waals surface area contributed by atoms with E-state index in [1.165, 1.54) is 33.4 Å². The molecule has 0 amide bonds. The van der Waals surface area contributed by atoms with Crippen LogP contribution in [0.4, 0.5) is 0 Å². The van der Waals surface area contributed by atoms with Gasteiger partial charge in [-0.2, -0.15) is 0 Å². The standard InChI is InChI=1S/C20H26O3Si2/c1-13-9-7-11-19(15(13)3)17(5)21-24-23-25-22-18(6)20-12-8-10-14(2)16(20)4/h7-12,17-18H,1-6H3. The highest BCUT2D eigenvalue weighted by Crippen LogP contribution is 2.23. The summed E-state index contributed by atoms with van der Waals surface area (Å²) in [6.45, 7) is 12.6. The van der Waals surface area contributed by atoms with E-state index in [1.54, 1.807) is 0 Å². The molecule has 0 spiro atoms. The van der Waals surface area contributed by atoms with Crippen molar-refractivity contribution in [1.29, 1.82) is 0 Å². The molecule has 0 heterocycles. The Morgan fingerprint density at radius 2 is 1.08 bits per heavy atom. The van der Waals surface area contributed by atoms with E-state index in [2.05, 4.69) is 77.9 Å². The molecular formula is C20H26O3Si2. The fraction of sp³-hybridized carbons (Fsp3) is 0.400. The number of aryl methyl sites for hydroxylation is 2. The van der Waals surface area contributed by atoms with E-state index in [0.29, 0.717) is 0 Å². The molecule has 0 bridgehead atoms. The lowest BCUT2D eigenvalue weighted by atomic mass is 10.0. The highest BCUT2D eigenvalue weighted by molar-refractivity contribution is 6.34. The average Bonchev–Trinajstić information content (AvgIpc) is 2.59. The van der Waals surface area contributed by atoms with Crippen LogP contribution in [-0.4, -0.2) is 20.0 Å². The Balaban J connectivity index is 1.76. The van der Waals surface area contributed by atoms with Crippen molar-refractivity contribution in [3.63, 3.8) is 0 Å². The Hall–Kier alpha value is -1.25. The van der Waals surface area contributed by atoms with Crippen molar-refractivity contribution < 1.29 is 13.0 Å². The summed E-state index contributed by atoms with van der Waals surface area (Å²) >= 11 is 0. The molecule has 25 heavy (non-hydrogen) atoms. The van der Waals surface area contributed by atoms with Crippen LogP contribution in [-0.2, 0) is 13.0 Å². The molecule has 5 heteroatoms. The molecule has 4 radical (unpaired) electrons. The van der Waals surface area contributed by atoms with Crippen molar-refractivity contribution in [1.82, 2.24) is 0 Å². The molecule has 0 aliphatic rings. The van der Waals surface area contributed by atoms with Gasteiger partial charge in [-0.3, -0.25) is 0 Å². The summed E-state index contributed by atoms with van der Waals surface area (Å²) in [5.41, 5.74) is 7.55. The van der Waals surface area contributed by atoms with Crippen LogP contribution in [0.2, 0.25) is 0 Å². The molecular weight excluding hydrogens is 344 g/mol. The van der Waals surface area contributed by atoms with Crippen molar-refractivity contribution in [2.24, 2.45) is 0 Å². The third-order valence-electron chi connectivity index (χ3n) is 4.70.